The highest BCUT2D eigenvalue weighted by atomic mass is 35.5. The number of rotatable bonds is 4. The smallest absolute Gasteiger partial charge is 0.123 e. The van der Waals surface area contributed by atoms with E-state index in [1.54, 1.807) is 0 Å². The van der Waals surface area contributed by atoms with Crippen LogP contribution in [0.3, 0.4) is 0 Å². The van der Waals surface area contributed by atoms with E-state index in [4.69, 9.17) is 11.6 Å². The van der Waals surface area contributed by atoms with Crippen molar-refractivity contribution in [1.82, 2.24) is 0 Å². The lowest BCUT2D eigenvalue weighted by molar-refractivity contribution is 0.625. The van der Waals surface area contributed by atoms with E-state index in [1.165, 1.54) is 28.8 Å². The molecule has 1 atom stereocenters. The summed E-state index contributed by atoms with van der Waals surface area (Å²) in [6.07, 6.45) is 0.892. The van der Waals surface area contributed by atoms with Gasteiger partial charge < -0.3 is 0 Å². The van der Waals surface area contributed by atoms with E-state index in [1.807, 2.05) is 12.1 Å². The van der Waals surface area contributed by atoms with Gasteiger partial charge in [-0.2, -0.15) is 0 Å². The van der Waals surface area contributed by atoms with Gasteiger partial charge in [0.25, 0.3) is 0 Å². The number of hydrogen-bond donors (Lipinski definition) is 0. The first-order valence-electron chi connectivity index (χ1n) is 6.47. The van der Waals surface area contributed by atoms with E-state index in [0.717, 1.165) is 12.0 Å². The van der Waals surface area contributed by atoms with Crippen LogP contribution < -0.4 is 0 Å². The molecule has 2 heteroatoms. The molecule has 0 aliphatic rings. The van der Waals surface area contributed by atoms with Crippen LogP contribution >= 0.6 is 11.6 Å². The topological polar surface area (TPSA) is 0 Å². The van der Waals surface area contributed by atoms with Crippen LogP contribution in [0.25, 0.3) is 0 Å². The molecule has 0 aromatic heterocycles. The zero-order chi connectivity index (χ0) is 13.8. The largest absolute Gasteiger partial charge is 0.207 e. The molecule has 19 heavy (non-hydrogen) atoms. The third kappa shape index (κ3) is 3.57. The van der Waals surface area contributed by atoms with E-state index >= 15 is 0 Å². The molecule has 0 nitrogen and oxygen atoms in total. The van der Waals surface area contributed by atoms with Crippen molar-refractivity contribution in [3.63, 3.8) is 0 Å². The Labute approximate surface area is 119 Å². The number of hydrogen-bond acceptors (Lipinski definition) is 0. The summed E-state index contributed by atoms with van der Waals surface area (Å²) in [4.78, 5) is 0. The van der Waals surface area contributed by atoms with E-state index < -0.39 is 0 Å². The number of aryl methyl sites for hydroxylation is 2. The number of halogens is 2. The van der Waals surface area contributed by atoms with Crippen LogP contribution in [-0.4, -0.2) is 5.88 Å². The van der Waals surface area contributed by atoms with Crippen molar-refractivity contribution in [3.8, 4) is 0 Å². The summed E-state index contributed by atoms with van der Waals surface area (Å²) in [6.45, 7) is 4.21. The third-order valence-corrected chi connectivity index (χ3v) is 3.87. The van der Waals surface area contributed by atoms with Crippen LogP contribution in [0, 0.1) is 19.7 Å². The summed E-state index contributed by atoms with van der Waals surface area (Å²) in [5, 5.41) is 0. The van der Waals surface area contributed by atoms with E-state index in [-0.39, 0.29) is 11.7 Å². The zero-order valence-corrected chi connectivity index (χ0v) is 12.0. The summed E-state index contributed by atoms with van der Waals surface area (Å²) in [6, 6.07) is 13.1. The molecule has 0 saturated carbocycles. The van der Waals surface area contributed by atoms with Gasteiger partial charge in [-0.25, -0.2) is 4.39 Å². The van der Waals surface area contributed by atoms with Crippen LogP contribution in [0.4, 0.5) is 4.39 Å². The predicted molar refractivity (Wildman–Crippen MR) is 79.5 cm³/mol. The average Bonchev–Trinajstić information content (AvgIpc) is 2.41. The van der Waals surface area contributed by atoms with Crippen molar-refractivity contribution in [2.75, 3.05) is 5.88 Å². The average molecular weight is 277 g/mol. The lowest BCUT2D eigenvalue weighted by Gasteiger charge is -2.16. The highest BCUT2D eigenvalue weighted by Crippen LogP contribution is 2.25. The van der Waals surface area contributed by atoms with Gasteiger partial charge in [-0.1, -0.05) is 35.9 Å². The SMILES string of the molecule is Cc1ccc(C)c(CC(CCl)c2ccc(F)cc2)c1. The van der Waals surface area contributed by atoms with Crippen LogP contribution in [0.2, 0.25) is 0 Å². The van der Waals surface area contributed by atoms with Gasteiger partial charge in [-0.05, 0) is 49.1 Å². The molecule has 0 amide bonds. The molecule has 0 bridgehead atoms. The summed E-state index contributed by atoms with van der Waals surface area (Å²) < 4.78 is 13.0. The minimum Gasteiger partial charge on any atom is -0.207 e. The van der Waals surface area contributed by atoms with Crippen LogP contribution in [0.5, 0.6) is 0 Å². The Kier molecular flexibility index (Phi) is 4.60. The molecule has 0 N–H and O–H groups in total. The quantitative estimate of drug-likeness (QED) is 0.689. The van der Waals surface area contributed by atoms with Gasteiger partial charge in [0.1, 0.15) is 5.82 Å². The summed E-state index contributed by atoms with van der Waals surface area (Å²) in [5.74, 6) is 0.561. The van der Waals surface area contributed by atoms with E-state index in [9.17, 15) is 4.39 Å². The maximum atomic E-state index is 13.0. The van der Waals surface area contributed by atoms with Crippen LogP contribution in [-0.2, 0) is 6.42 Å². The molecular weight excluding hydrogens is 259 g/mol. The normalized spacial score (nSPS) is 12.4. The first-order valence-corrected chi connectivity index (χ1v) is 7.01. The Morgan fingerprint density at radius 3 is 2.37 bits per heavy atom. The third-order valence-electron chi connectivity index (χ3n) is 3.50. The lowest BCUT2D eigenvalue weighted by Crippen LogP contribution is -2.06. The Morgan fingerprint density at radius 1 is 1.05 bits per heavy atom. The molecular formula is C17H18ClF. The van der Waals surface area contributed by atoms with Crippen molar-refractivity contribution >= 4 is 11.6 Å². The second-order valence-corrected chi connectivity index (χ2v) is 5.35. The van der Waals surface area contributed by atoms with E-state index in [2.05, 4.69) is 32.0 Å². The molecule has 0 aliphatic heterocycles. The van der Waals surface area contributed by atoms with Crippen molar-refractivity contribution in [2.24, 2.45) is 0 Å². The Balaban J connectivity index is 2.23. The molecule has 1 unspecified atom stereocenters. The van der Waals surface area contributed by atoms with E-state index in [0.29, 0.717) is 5.88 Å². The molecule has 0 aliphatic carbocycles. The Bertz CT molecular complexity index is 546. The maximum Gasteiger partial charge on any atom is 0.123 e. The summed E-state index contributed by atoms with van der Waals surface area (Å²) in [5.41, 5.74) is 4.95. The van der Waals surface area contributed by atoms with Crippen molar-refractivity contribution in [1.29, 1.82) is 0 Å². The Hall–Kier alpha value is -1.34. The van der Waals surface area contributed by atoms with Crippen LogP contribution in [0.1, 0.15) is 28.2 Å². The van der Waals surface area contributed by atoms with Gasteiger partial charge in [-0.15, -0.1) is 11.6 Å². The zero-order valence-electron chi connectivity index (χ0n) is 11.3. The van der Waals surface area contributed by atoms with Crippen molar-refractivity contribution in [3.05, 3.63) is 70.5 Å². The van der Waals surface area contributed by atoms with Gasteiger partial charge in [0.05, 0.1) is 0 Å². The highest BCUT2D eigenvalue weighted by Gasteiger charge is 2.13. The molecule has 0 fully saturated rings. The summed E-state index contributed by atoms with van der Waals surface area (Å²) >= 11 is 6.09. The molecule has 100 valence electrons. The molecule has 0 saturated heterocycles. The molecule has 0 radical (unpaired) electrons. The Morgan fingerprint density at radius 2 is 1.74 bits per heavy atom. The molecule has 2 aromatic carbocycles. The van der Waals surface area contributed by atoms with Gasteiger partial charge in [0, 0.05) is 11.8 Å². The fraction of sp³-hybridized carbons (Fsp3) is 0.294. The fourth-order valence-electron chi connectivity index (χ4n) is 2.28. The monoisotopic (exact) mass is 276 g/mol. The second-order valence-electron chi connectivity index (χ2n) is 5.04. The van der Waals surface area contributed by atoms with Crippen molar-refractivity contribution < 1.29 is 4.39 Å². The highest BCUT2D eigenvalue weighted by molar-refractivity contribution is 6.18. The lowest BCUT2D eigenvalue weighted by atomic mass is 9.91. The minimum absolute atomic E-state index is 0.205. The van der Waals surface area contributed by atoms with Crippen LogP contribution in [0.15, 0.2) is 42.5 Å². The molecule has 2 rings (SSSR count). The maximum absolute atomic E-state index is 13.0. The number of benzene rings is 2. The fourth-order valence-corrected chi connectivity index (χ4v) is 2.57. The molecule has 2 aromatic rings. The van der Waals surface area contributed by atoms with Gasteiger partial charge in [-0.3, -0.25) is 0 Å². The first kappa shape index (κ1) is 14.1. The standard InChI is InChI=1S/C17H18ClF/c1-12-3-4-13(2)15(9-12)10-16(11-18)14-5-7-17(19)8-6-14/h3-9,16H,10-11H2,1-2H3. The second kappa shape index (κ2) is 6.21. The predicted octanol–water partition coefficient (Wildman–Crippen LogP) is 5.01. The first-order chi connectivity index (χ1) is 9.10. The van der Waals surface area contributed by atoms with Gasteiger partial charge >= 0.3 is 0 Å². The van der Waals surface area contributed by atoms with Crippen molar-refractivity contribution in [2.45, 2.75) is 26.2 Å². The molecule has 0 heterocycles. The number of alkyl halides is 1. The minimum atomic E-state index is -0.205. The van der Waals surface area contributed by atoms with Gasteiger partial charge in [0.15, 0.2) is 0 Å². The van der Waals surface area contributed by atoms with Gasteiger partial charge in [0.2, 0.25) is 0 Å². The summed E-state index contributed by atoms with van der Waals surface area (Å²) in [7, 11) is 0. The molecule has 0 spiro atoms.